The van der Waals surface area contributed by atoms with E-state index < -0.39 is 5.92 Å². The number of hydrogen-bond donors (Lipinski definition) is 0. The lowest BCUT2D eigenvalue weighted by molar-refractivity contribution is -0.144. The zero-order chi connectivity index (χ0) is 14.8. The SMILES string of the molecule is CCOC(=O)C(c1ccc(Br)cc1)c1nncn1C1CC1. The Kier molecular flexibility index (Phi) is 4.05. The molecule has 21 heavy (non-hydrogen) atoms. The Hall–Kier alpha value is -1.69. The number of ether oxygens (including phenoxy) is 1. The molecule has 0 aliphatic heterocycles. The monoisotopic (exact) mass is 349 g/mol. The van der Waals surface area contributed by atoms with Crippen LogP contribution in [0.2, 0.25) is 0 Å². The summed E-state index contributed by atoms with van der Waals surface area (Å²) in [6.45, 7) is 2.16. The molecule has 1 aromatic carbocycles. The number of rotatable bonds is 5. The first-order valence-corrected chi connectivity index (χ1v) is 7.81. The fourth-order valence-electron chi connectivity index (χ4n) is 2.36. The largest absolute Gasteiger partial charge is 0.465 e. The van der Waals surface area contributed by atoms with E-state index in [0.29, 0.717) is 18.5 Å². The Labute approximate surface area is 131 Å². The summed E-state index contributed by atoms with van der Waals surface area (Å²) in [4.78, 5) is 12.4. The summed E-state index contributed by atoms with van der Waals surface area (Å²) in [5.74, 6) is -0.144. The summed E-state index contributed by atoms with van der Waals surface area (Å²) in [5, 5.41) is 8.17. The van der Waals surface area contributed by atoms with Gasteiger partial charge in [-0.1, -0.05) is 28.1 Å². The first-order chi connectivity index (χ1) is 10.2. The molecule has 0 amide bonds. The van der Waals surface area contributed by atoms with Crippen LogP contribution in [0.5, 0.6) is 0 Å². The lowest BCUT2D eigenvalue weighted by Gasteiger charge is -2.16. The van der Waals surface area contributed by atoms with E-state index in [1.807, 2.05) is 35.8 Å². The zero-order valence-corrected chi connectivity index (χ0v) is 13.3. The van der Waals surface area contributed by atoms with Gasteiger partial charge in [0.05, 0.1) is 6.61 Å². The van der Waals surface area contributed by atoms with E-state index in [2.05, 4.69) is 26.1 Å². The second kappa shape index (κ2) is 5.97. The van der Waals surface area contributed by atoms with Crippen molar-refractivity contribution in [3.63, 3.8) is 0 Å². The molecule has 1 saturated carbocycles. The van der Waals surface area contributed by atoms with Crippen LogP contribution in [0, 0.1) is 0 Å². The Balaban J connectivity index is 2.00. The first kappa shape index (κ1) is 14.3. The van der Waals surface area contributed by atoms with E-state index in [4.69, 9.17) is 4.74 Å². The predicted octanol–water partition coefficient (Wildman–Crippen LogP) is 3.07. The molecule has 1 aliphatic carbocycles. The number of nitrogens with zero attached hydrogens (tertiary/aromatic N) is 3. The summed E-state index contributed by atoms with van der Waals surface area (Å²) in [6.07, 6.45) is 3.93. The summed E-state index contributed by atoms with van der Waals surface area (Å²) in [6, 6.07) is 8.08. The van der Waals surface area contributed by atoms with E-state index in [-0.39, 0.29) is 5.97 Å². The number of carbonyl (C=O) groups excluding carboxylic acids is 1. The van der Waals surface area contributed by atoms with Crippen LogP contribution >= 0.6 is 15.9 Å². The van der Waals surface area contributed by atoms with Gasteiger partial charge in [-0.2, -0.15) is 0 Å². The van der Waals surface area contributed by atoms with Crippen molar-refractivity contribution in [3.8, 4) is 0 Å². The van der Waals surface area contributed by atoms with Gasteiger partial charge in [0, 0.05) is 10.5 Å². The second-order valence-electron chi connectivity index (χ2n) is 5.06. The maximum Gasteiger partial charge on any atom is 0.321 e. The van der Waals surface area contributed by atoms with Crippen molar-refractivity contribution in [2.24, 2.45) is 0 Å². The Morgan fingerprint density at radius 3 is 2.76 bits per heavy atom. The minimum atomic E-state index is -0.527. The molecule has 110 valence electrons. The van der Waals surface area contributed by atoms with Crippen molar-refractivity contribution in [2.45, 2.75) is 31.7 Å². The van der Waals surface area contributed by atoms with Gasteiger partial charge in [-0.3, -0.25) is 4.79 Å². The number of carbonyl (C=O) groups is 1. The minimum Gasteiger partial charge on any atom is -0.465 e. The van der Waals surface area contributed by atoms with Gasteiger partial charge in [-0.05, 0) is 37.5 Å². The van der Waals surface area contributed by atoms with Gasteiger partial charge in [0.2, 0.25) is 0 Å². The molecule has 1 heterocycles. The molecule has 3 rings (SSSR count). The summed E-state index contributed by atoms with van der Waals surface area (Å²) >= 11 is 3.41. The summed E-state index contributed by atoms with van der Waals surface area (Å²) < 4.78 is 8.21. The van der Waals surface area contributed by atoms with Crippen molar-refractivity contribution in [3.05, 3.63) is 46.5 Å². The van der Waals surface area contributed by atoms with Gasteiger partial charge in [0.1, 0.15) is 12.2 Å². The Bertz CT molecular complexity index is 635. The molecule has 5 nitrogen and oxygen atoms in total. The van der Waals surface area contributed by atoms with Gasteiger partial charge in [0.15, 0.2) is 5.82 Å². The van der Waals surface area contributed by atoms with E-state index >= 15 is 0 Å². The third kappa shape index (κ3) is 3.00. The highest BCUT2D eigenvalue weighted by Gasteiger charge is 2.34. The Morgan fingerprint density at radius 2 is 2.14 bits per heavy atom. The smallest absolute Gasteiger partial charge is 0.321 e. The molecule has 0 saturated heterocycles. The molecular formula is C15H16BrN3O2. The standard InChI is InChI=1S/C15H16BrN3O2/c1-2-21-15(20)13(10-3-5-11(16)6-4-10)14-18-17-9-19(14)12-7-8-12/h3-6,9,12-13H,2,7-8H2,1H3. The van der Waals surface area contributed by atoms with Crippen LogP contribution in [0.4, 0.5) is 0 Å². The molecule has 0 radical (unpaired) electrons. The summed E-state index contributed by atoms with van der Waals surface area (Å²) in [5.41, 5.74) is 0.867. The van der Waals surface area contributed by atoms with E-state index in [1.54, 1.807) is 6.33 Å². The minimum absolute atomic E-state index is 0.283. The lowest BCUT2D eigenvalue weighted by atomic mass is 9.98. The molecule has 1 atom stereocenters. The fourth-order valence-corrected chi connectivity index (χ4v) is 2.63. The molecule has 2 aromatic rings. The van der Waals surface area contributed by atoms with Crippen LogP contribution in [0.3, 0.4) is 0 Å². The third-order valence-corrected chi connectivity index (χ3v) is 4.05. The zero-order valence-electron chi connectivity index (χ0n) is 11.7. The van der Waals surface area contributed by atoms with Crippen molar-refractivity contribution in [1.29, 1.82) is 0 Å². The molecule has 0 N–H and O–H groups in total. The third-order valence-electron chi connectivity index (χ3n) is 3.52. The highest BCUT2D eigenvalue weighted by molar-refractivity contribution is 9.10. The molecule has 1 fully saturated rings. The molecule has 1 aliphatic rings. The highest BCUT2D eigenvalue weighted by atomic mass is 79.9. The van der Waals surface area contributed by atoms with E-state index in [0.717, 1.165) is 22.9 Å². The van der Waals surface area contributed by atoms with Crippen LogP contribution in [0.1, 0.15) is 43.1 Å². The average molecular weight is 350 g/mol. The van der Waals surface area contributed by atoms with Crippen LogP contribution < -0.4 is 0 Å². The number of esters is 1. The number of halogens is 1. The second-order valence-corrected chi connectivity index (χ2v) is 5.98. The molecule has 0 spiro atoms. The number of benzene rings is 1. The maximum absolute atomic E-state index is 12.4. The Morgan fingerprint density at radius 1 is 1.43 bits per heavy atom. The lowest BCUT2D eigenvalue weighted by Crippen LogP contribution is -2.21. The van der Waals surface area contributed by atoms with Crippen molar-refractivity contribution >= 4 is 21.9 Å². The molecule has 6 heteroatoms. The van der Waals surface area contributed by atoms with Crippen molar-refractivity contribution in [2.75, 3.05) is 6.61 Å². The summed E-state index contributed by atoms with van der Waals surface area (Å²) in [7, 11) is 0. The van der Waals surface area contributed by atoms with Gasteiger partial charge in [-0.15, -0.1) is 10.2 Å². The number of aromatic nitrogens is 3. The van der Waals surface area contributed by atoms with Gasteiger partial charge < -0.3 is 9.30 Å². The molecule has 1 unspecified atom stereocenters. The predicted molar refractivity (Wildman–Crippen MR) is 80.9 cm³/mol. The molecular weight excluding hydrogens is 334 g/mol. The normalized spacial score (nSPS) is 15.7. The molecule has 1 aromatic heterocycles. The van der Waals surface area contributed by atoms with E-state index in [9.17, 15) is 4.79 Å². The maximum atomic E-state index is 12.4. The van der Waals surface area contributed by atoms with Crippen molar-refractivity contribution in [1.82, 2.24) is 14.8 Å². The fraction of sp³-hybridized carbons (Fsp3) is 0.400. The first-order valence-electron chi connectivity index (χ1n) is 7.02. The van der Waals surface area contributed by atoms with Crippen LogP contribution in [-0.2, 0) is 9.53 Å². The van der Waals surface area contributed by atoms with Crippen LogP contribution in [0.15, 0.2) is 35.1 Å². The highest BCUT2D eigenvalue weighted by Crippen LogP contribution is 2.38. The molecule has 0 bridgehead atoms. The van der Waals surface area contributed by atoms with Crippen LogP contribution in [0.25, 0.3) is 0 Å². The van der Waals surface area contributed by atoms with Gasteiger partial charge in [0.25, 0.3) is 0 Å². The topological polar surface area (TPSA) is 57.0 Å². The van der Waals surface area contributed by atoms with Gasteiger partial charge >= 0.3 is 5.97 Å². The number of hydrogen-bond acceptors (Lipinski definition) is 4. The average Bonchev–Trinajstić information content (AvgIpc) is 3.21. The van der Waals surface area contributed by atoms with Crippen LogP contribution in [-0.4, -0.2) is 27.3 Å². The van der Waals surface area contributed by atoms with Crippen molar-refractivity contribution < 1.29 is 9.53 Å². The quantitative estimate of drug-likeness (QED) is 0.778. The van der Waals surface area contributed by atoms with Gasteiger partial charge in [-0.25, -0.2) is 0 Å². The van der Waals surface area contributed by atoms with E-state index in [1.165, 1.54) is 0 Å².